The van der Waals surface area contributed by atoms with Gasteiger partial charge in [0.05, 0.1) is 17.0 Å². The third-order valence-corrected chi connectivity index (χ3v) is 4.78. The molecule has 0 atom stereocenters. The third-order valence-electron chi connectivity index (χ3n) is 4.14. The molecule has 0 aromatic heterocycles. The smallest absolute Gasteiger partial charge is 0.260 e. The Balaban J connectivity index is 2.01. The van der Waals surface area contributed by atoms with E-state index in [1.54, 1.807) is 11.9 Å². The summed E-state index contributed by atoms with van der Waals surface area (Å²) in [6, 6.07) is 13.2. The SMILES string of the molecule is CN1C(=O)/C(=C2\Nc3ccccc3\C2=N\O)c2cccc(Br)c21. The van der Waals surface area contributed by atoms with Crippen molar-refractivity contribution < 1.29 is 10.0 Å². The summed E-state index contributed by atoms with van der Waals surface area (Å²) in [5, 5.41) is 16.1. The molecular weight excluding hydrogens is 358 g/mol. The molecule has 0 spiro atoms. The minimum absolute atomic E-state index is 0.136. The maximum absolute atomic E-state index is 12.8. The summed E-state index contributed by atoms with van der Waals surface area (Å²) in [7, 11) is 1.73. The number of amides is 1. The van der Waals surface area contributed by atoms with E-state index in [0.717, 1.165) is 27.0 Å². The van der Waals surface area contributed by atoms with E-state index >= 15 is 0 Å². The quantitative estimate of drug-likeness (QED) is 0.424. The number of likely N-dealkylation sites (N-methyl/N-ethyl adjacent to an activating group) is 1. The number of hydrogen-bond donors (Lipinski definition) is 2. The fraction of sp³-hybridized carbons (Fsp3) is 0.0588. The Labute approximate surface area is 141 Å². The first-order valence-electron chi connectivity index (χ1n) is 7.03. The van der Waals surface area contributed by atoms with Crippen LogP contribution in [0.3, 0.4) is 0 Å². The van der Waals surface area contributed by atoms with Gasteiger partial charge in [0.25, 0.3) is 5.91 Å². The number of halogens is 1. The minimum atomic E-state index is -0.136. The Hall–Kier alpha value is -2.60. The number of nitrogens with zero attached hydrogens (tertiary/aromatic N) is 2. The molecule has 0 fully saturated rings. The zero-order chi connectivity index (χ0) is 16.1. The second kappa shape index (κ2) is 4.96. The number of hydrogen-bond acceptors (Lipinski definition) is 4. The van der Waals surface area contributed by atoms with Crippen molar-refractivity contribution in [1.82, 2.24) is 0 Å². The van der Waals surface area contributed by atoms with Crippen LogP contribution < -0.4 is 10.2 Å². The fourth-order valence-corrected chi connectivity index (χ4v) is 3.73. The van der Waals surface area contributed by atoms with E-state index in [-0.39, 0.29) is 5.91 Å². The number of fused-ring (bicyclic) bond motifs is 2. The lowest BCUT2D eigenvalue weighted by Gasteiger charge is -2.10. The zero-order valence-corrected chi connectivity index (χ0v) is 13.8. The molecule has 1 amide bonds. The molecule has 0 aliphatic carbocycles. The highest BCUT2D eigenvalue weighted by Crippen LogP contribution is 2.44. The average molecular weight is 370 g/mol. The van der Waals surface area contributed by atoms with Gasteiger partial charge in [0, 0.05) is 28.3 Å². The fourth-order valence-electron chi connectivity index (χ4n) is 3.10. The molecule has 6 heteroatoms. The predicted molar refractivity (Wildman–Crippen MR) is 92.9 cm³/mol. The number of carbonyl (C=O) groups is 1. The van der Waals surface area contributed by atoms with Crippen LogP contribution in [0.25, 0.3) is 5.57 Å². The van der Waals surface area contributed by atoms with Crippen molar-refractivity contribution in [2.75, 3.05) is 17.3 Å². The molecule has 0 bridgehead atoms. The molecular formula is C17H12BrN3O2. The van der Waals surface area contributed by atoms with Crippen LogP contribution in [0.5, 0.6) is 0 Å². The Bertz CT molecular complexity index is 918. The Morgan fingerprint density at radius 3 is 2.65 bits per heavy atom. The van der Waals surface area contributed by atoms with Gasteiger partial charge in [-0.05, 0) is 28.1 Å². The molecule has 0 saturated carbocycles. The molecule has 0 unspecified atom stereocenters. The number of allylic oxidation sites excluding steroid dienone is 1. The number of carbonyl (C=O) groups excluding carboxylic acids is 1. The molecule has 114 valence electrons. The molecule has 5 nitrogen and oxygen atoms in total. The Morgan fingerprint density at radius 1 is 1.13 bits per heavy atom. The van der Waals surface area contributed by atoms with Gasteiger partial charge in [0.1, 0.15) is 5.71 Å². The lowest BCUT2D eigenvalue weighted by molar-refractivity contribution is -0.112. The van der Waals surface area contributed by atoms with Gasteiger partial charge in [-0.1, -0.05) is 35.5 Å². The van der Waals surface area contributed by atoms with Crippen molar-refractivity contribution in [1.29, 1.82) is 0 Å². The number of oxime groups is 1. The molecule has 2 heterocycles. The molecule has 0 radical (unpaired) electrons. The largest absolute Gasteiger partial charge is 0.410 e. The number of rotatable bonds is 0. The Kier molecular flexibility index (Phi) is 3.02. The average Bonchev–Trinajstić information content (AvgIpc) is 3.04. The van der Waals surface area contributed by atoms with Crippen LogP contribution in [-0.2, 0) is 4.79 Å². The monoisotopic (exact) mass is 369 g/mol. The molecule has 2 aromatic rings. The van der Waals surface area contributed by atoms with Crippen molar-refractivity contribution in [2.24, 2.45) is 5.16 Å². The van der Waals surface area contributed by atoms with Crippen LogP contribution in [0.4, 0.5) is 11.4 Å². The van der Waals surface area contributed by atoms with E-state index in [1.165, 1.54) is 0 Å². The number of para-hydroxylation sites is 2. The van der Waals surface area contributed by atoms with Crippen LogP contribution in [0.15, 0.2) is 57.8 Å². The number of anilines is 2. The van der Waals surface area contributed by atoms with Crippen molar-refractivity contribution in [3.8, 4) is 0 Å². The van der Waals surface area contributed by atoms with Crippen LogP contribution in [0.1, 0.15) is 11.1 Å². The van der Waals surface area contributed by atoms with Gasteiger partial charge in [0.2, 0.25) is 0 Å². The number of nitrogens with one attached hydrogen (secondary N) is 1. The first-order valence-corrected chi connectivity index (χ1v) is 7.83. The zero-order valence-electron chi connectivity index (χ0n) is 12.2. The third kappa shape index (κ3) is 1.85. The number of benzene rings is 2. The molecule has 23 heavy (non-hydrogen) atoms. The minimum Gasteiger partial charge on any atom is -0.410 e. The van der Waals surface area contributed by atoms with Gasteiger partial charge in [-0.15, -0.1) is 0 Å². The van der Waals surface area contributed by atoms with Gasteiger partial charge in [-0.25, -0.2) is 0 Å². The molecule has 4 rings (SSSR count). The van der Waals surface area contributed by atoms with Gasteiger partial charge in [-0.2, -0.15) is 0 Å². The highest BCUT2D eigenvalue weighted by atomic mass is 79.9. The van der Waals surface area contributed by atoms with Crippen molar-refractivity contribution in [3.63, 3.8) is 0 Å². The molecule has 2 aromatic carbocycles. The van der Waals surface area contributed by atoms with Gasteiger partial charge in [0.15, 0.2) is 0 Å². The standard InChI is InChI=1S/C17H12BrN3O2/c1-21-16-10(6-4-7-11(16)18)13(17(21)22)15-14(20-23)9-5-2-3-8-12(9)19-15/h2-8,19,23H,1H3/b15-13-,20-14-. The summed E-state index contributed by atoms with van der Waals surface area (Å²) in [6.07, 6.45) is 0. The summed E-state index contributed by atoms with van der Waals surface area (Å²) in [6.45, 7) is 0. The van der Waals surface area contributed by atoms with Crippen LogP contribution in [-0.4, -0.2) is 23.9 Å². The highest BCUT2D eigenvalue weighted by Gasteiger charge is 2.37. The summed E-state index contributed by atoms with van der Waals surface area (Å²) in [5.41, 5.74) is 4.64. The van der Waals surface area contributed by atoms with Crippen LogP contribution >= 0.6 is 15.9 Å². The summed E-state index contributed by atoms with van der Waals surface area (Å²) in [5.74, 6) is -0.136. The van der Waals surface area contributed by atoms with E-state index in [1.807, 2.05) is 42.5 Å². The lowest BCUT2D eigenvalue weighted by atomic mass is 10.0. The van der Waals surface area contributed by atoms with E-state index in [9.17, 15) is 10.0 Å². The lowest BCUT2D eigenvalue weighted by Crippen LogP contribution is -2.22. The van der Waals surface area contributed by atoms with E-state index in [2.05, 4.69) is 26.4 Å². The van der Waals surface area contributed by atoms with E-state index < -0.39 is 0 Å². The van der Waals surface area contributed by atoms with E-state index in [0.29, 0.717) is 17.0 Å². The summed E-state index contributed by atoms with van der Waals surface area (Å²) in [4.78, 5) is 14.4. The molecule has 0 saturated heterocycles. The second-order valence-corrected chi connectivity index (χ2v) is 6.22. The Morgan fingerprint density at radius 2 is 1.87 bits per heavy atom. The molecule has 2 N–H and O–H groups in total. The molecule has 2 aliphatic rings. The van der Waals surface area contributed by atoms with Crippen LogP contribution in [0, 0.1) is 0 Å². The summed E-state index contributed by atoms with van der Waals surface area (Å²) >= 11 is 3.50. The van der Waals surface area contributed by atoms with Gasteiger partial charge >= 0.3 is 0 Å². The topological polar surface area (TPSA) is 64.9 Å². The van der Waals surface area contributed by atoms with Crippen molar-refractivity contribution in [3.05, 3.63) is 63.8 Å². The maximum atomic E-state index is 12.8. The predicted octanol–water partition coefficient (Wildman–Crippen LogP) is 3.44. The molecule has 2 aliphatic heterocycles. The van der Waals surface area contributed by atoms with Crippen molar-refractivity contribution >= 4 is 44.5 Å². The van der Waals surface area contributed by atoms with E-state index in [4.69, 9.17) is 0 Å². The van der Waals surface area contributed by atoms with Crippen LogP contribution in [0.2, 0.25) is 0 Å². The normalized spacial score (nSPS) is 20.7. The van der Waals surface area contributed by atoms with Gasteiger partial charge < -0.3 is 15.4 Å². The second-order valence-electron chi connectivity index (χ2n) is 5.37. The van der Waals surface area contributed by atoms with Gasteiger partial charge in [-0.3, -0.25) is 4.79 Å². The first kappa shape index (κ1) is 14.0. The summed E-state index contributed by atoms with van der Waals surface area (Å²) < 4.78 is 0.847. The maximum Gasteiger partial charge on any atom is 0.260 e. The first-order chi connectivity index (χ1) is 11.1. The van der Waals surface area contributed by atoms with Crippen molar-refractivity contribution in [2.45, 2.75) is 0 Å². The highest BCUT2D eigenvalue weighted by molar-refractivity contribution is 9.10.